The summed E-state index contributed by atoms with van der Waals surface area (Å²) in [7, 11) is 0. The minimum atomic E-state index is -0.0255. The van der Waals surface area contributed by atoms with Gasteiger partial charge in [0.15, 0.2) is 0 Å². The first kappa shape index (κ1) is 13.9. The summed E-state index contributed by atoms with van der Waals surface area (Å²) < 4.78 is 0. The van der Waals surface area contributed by atoms with Gasteiger partial charge < -0.3 is 15.5 Å². The molecule has 1 aromatic carbocycles. The average Bonchev–Trinajstić information content (AvgIpc) is 2.96. The highest BCUT2D eigenvalue weighted by Crippen LogP contribution is 2.18. The van der Waals surface area contributed by atoms with Crippen LogP contribution < -0.4 is 15.5 Å². The van der Waals surface area contributed by atoms with E-state index in [4.69, 9.17) is 0 Å². The zero-order valence-electron chi connectivity index (χ0n) is 11.8. The molecule has 0 radical (unpaired) electrons. The Labute approximate surface area is 115 Å². The van der Waals surface area contributed by atoms with Gasteiger partial charge in [0.25, 0.3) is 0 Å². The van der Waals surface area contributed by atoms with E-state index in [1.807, 2.05) is 12.1 Å². The van der Waals surface area contributed by atoms with Crippen LogP contribution in [-0.4, -0.2) is 31.6 Å². The van der Waals surface area contributed by atoms with Gasteiger partial charge in [0, 0.05) is 24.5 Å². The van der Waals surface area contributed by atoms with E-state index >= 15 is 0 Å². The maximum Gasteiger partial charge on any atom is 0.241 e. The SMILES string of the molecule is CCN(CC)c1ccc(NC(=O)C2CCCN2)cc1. The molecule has 4 nitrogen and oxygen atoms in total. The Morgan fingerprint density at radius 2 is 2.00 bits per heavy atom. The maximum absolute atomic E-state index is 12.0. The Kier molecular flexibility index (Phi) is 4.80. The van der Waals surface area contributed by atoms with Gasteiger partial charge in [0.1, 0.15) is 0 Å². The van der Waals surface area contributed by atoms with Gasteiger partial charge in [-0.05, 0) is 57.5 Å². The highest BCUT2D eigenvalue weighted by atomic mass is 16.2. The first-order valence-corrected chi connectivity index (χ1v) is 7.13. The first-order chi connectivity index (χ1) is 9.24. The molecule has 2 N–H and O–H groups in total. The van der Waals surface area contributed by atoms with Crippen molar-refractivity contribution in [3.63, 3.8) is 0 Å². The topological polar surface area (TPSA) is 44.4 Å². The lowest BCUT2D eigenvalue weighted by molar-refractivity contribution is -0.117. The lowest BCUT2D eigenvalue weighted by atomic mass is 10.2. The molecule has 0 saturated carbocycles. The molecule has 1 aliphatic heterocycles. The minimum absolute atomic E-state index is 0.0255. The van der Waals surface area contributed by atoms with Crippen LogP contribution in [-0.2, 0) is 4.79 Å². The Morgan fingerprint density at radius 3 is 2.53 bits per heavy atom. The van der Waals surface area contributed by atoms with E-state index in [9.17, 15) is 4.79 Å². The number of anilines is 2. The molecular formula is C15H23N3O. The van der Waals surface area contributed by atoms with Crippen LogP contribution in [0.3, 0.4) is 0 Å². The van der Waals surface area contributed by atoms with Crippen molar-refractivity contribution in [2.45, 2.75) is 32.7 Å². The molecule has 1 fully saturated rings. The highest BCUT2D eigenvalue weighted by Gasteiger charge is 2.21. The molecule has 4 heteroatoms. The Hall–Kier alpha value is -1.55. The van der Waals surface area contributed by atoms with Crippen LogP contribution in [0.15, 0.2) is 24.3 Å². The summed E-state index contributed by atoms with van der Waals surface area (Å²) in [5.41, 5.74) is 2.07. The molecule has 1 unspecified atom stereocenters. The smallest absolute Gasteiger partial charge is 0.241 e. The molecule has 19 heavy (non-hydrogen) atoms. The van der Waals surface area contributed by atoms with Crippen LogP contribution in [0, 0.1) is 0 Å². The van der Waals surface area contributed by atoms with Crippen molar-refractivity contribution in [1.29, 1.82) is 0 Å². The van der Waals surface area contributed by atoms with Crippen molar-refractivity contribution in [2.24, 2.45) is 0 Å². The minimum Gasteiger partial charge on any atom is -0.372 e. The highest BCUT2D eigenvalue weighted by molar-refractivity contribution is 5.95. The molecule has 1 saturated heterocycles. The van der Waals surface area contributed by atoms with Crippen LogP contribution in [0.2, 0.25) is 0 Å². The van der Waals surface area contributed by atoms with Gasteiger partial charge in [-0.3, -0.25) is 4.79 Å². The molecule has 0 aromatic heterocycles. The normalized spacial score (nSPS) is 18.3. The quantitative estimate of drug-likeness (QED) is 0.854. The molecule has 0 bridgehead atoms. The maximum atomic E-state index is 12.0. The summed E-state index contributed by atoms with van der Waals surface area (Å²) >= 11 is 0. The molecular weight excluding hydrogens is 238 g/mol. The van der Waals surface area contributed by atoms with Crippen molar-refractivity contribution in [2.75, 3.05) is 29.9 Å². The van der Waals surface area contributed by atoms with Crippen LogP contribution in [0.4, 0.5) is 11.4 Å². The largest absolute Gasteiger partial charge is 0.372 e. The predicted octanol–water partition coefficient (Wildman–Crippen LogP) is 2.22. The number of hydrogen-bond donors (Lipinski definition) is 2. The van der Waals surface area contributed by atoms with Crippen LogP contribution in [0.5, 0.6) is 0 Å². The number of benzene rings is 1. The number of amides is 1. The number of rotatable bonds is 5. The van der Waals surface area contributed by atoms with E-state index in [2.05, 4.69) is 41.5 Å². The summed E-state index contributed by atoms with van der Waals surface area (Å²) in [5.74, 6) is 0.0769. The third-order valence-corrected chi connectivity index (χ3v) is 3.64. The van der Waals surface area contributed by atoms with Crippen LogP contribution >= 0.6 is 0 Å². The third kappa shape index (κ3) is 3.47. The van der Waals surface area contributed by atoms with Crippen molar-refractivity contribution in [3.8, 4) is 0 Å². The van der Waals surface area contributed by atoms with E-state index in [1.165, 1.54) is 5.69 Å². The zero-order chi connectivity index (χ0) is 13.7. The van der Waals surface area contributed by atoms with Crippen LogP contribution in [0.1, 0.15) is 26.7 Å². The number of carbonyl (C=O) groups excluding carboxylic acids is 1. The number of nitrogens with one attached hydrogen (secondary N) is 2. The number of hydrogen-bond acceptors (Lipinski definition) is 3. The average molecular weight is 261 g/mol. The van der Waals surface area contributed by atoms with E-state index in [1.54, 1.807) is 0 Å². The summed E-state index contributed by atoms with van der Waals surface area (Å²) in [6, 6.07) is 8.04. The second-order valence-electron chi connectivity index (χ2n) is 4.86. The van der Waals surface area contributed by atoms with E-state index in [-0.39, 0.29) is 11.9 Å². The standard InChI is InChI=1S/C15H23N3O/c1-3-18(4-2)13-9-7-12(8-10-13)17-15(19)14-6-5-11-16-14/h7-10,14,16H,3-6,11H2,1-2H3,(H,17,19). The fraction of sp³-hybridized carbons (Fsp3) is 0.533. The van der Waals surface area contributed by atoms with Crippen molar-refractivity contribution >= 4 is 17.3 Å². The van der Waals surface area contributed by atoms with Crippen molar-refractivity contribution in [1.82, 2.24) is 5.32 Å². The van der Waals surface area contributed by atoms with Gasteiger partial charge >= 0.3 is 0 Å². The summed E-state index contributed by atoms with van der Waals surface area (Å²) in [4.78, 5) is 14.2. The second-order valence-corrected chi connectivity index (χ2v) is 4.86. The van der Waals surface area contributed by atoms with Gasteiger partial charge in [-0.1, -0.05) is 0 Å². The van der Waals surface area contributed by atoms with E-state index in [0.717, 1.165) is 38.2 Å². The first-order valence-electron chi connectivity index (χ1n) is 7.13. The van der Waals surface area contributed by atoms with E-state index < -0.39 is 0 Å². The Balaban J connectivity index is 1.96. The molecule has 1 atom stereocenters. The monoisotopic (exact) mass is 261 g/mol. The third-order valence-electron chi connectivity index (χ3n) is 3.64. The molecule has 1 aliphatic rings. The Morgan fingerprint density at radius 1 is 1.32 bits per heavy atom. The van der Waals surface area contributed by atoms with Gasteiger partial charge in [-0.25, -0.2) is 0 Å². The fourth-order valence-electron chi connectivity index (χ4n) is 2.48. The fourth-order valence-corrected chi connectivity index (χ4v) is 2.48. The van der Waals surface area contributed by atoms with Gasteiger partial charge in [0.05, 0.1) is 6.04 Å². The zero-order valence-corrected chi connectivity index (χ0v) is 11.8. The molecule has 2 rings (SSSR count). The Bertz CT molecular complexity index is 406. The molecule has 0 aliphatic carbocycles. The number of nitrogens with zero attached hydrogens (tertiary/aromatic N) is 1. The lowest BCUT2D eigenvalue weighted by Gasteiger charge is -2.21. The van der Waals surface area contributed by atoms with Gasteiger partial charge in [-0.15, -0.1) is 0 Å². The summed E-state index contributed by atoms with van der Waals surface area (Å²) in [6.45, 7) is 7.22. The van der Waals surface area contributed by atoms with Crippen LogP contribution in [0.25, 0.3) is 0 Å². The van der Waals surface area contributed by atoms with E-state index in [0.29, 0.717) is 0 Å². The molecule has 104 valence electrons. The predicted molar refractivity (Wildman–Crippen MR) is 79.7 cm³/mol. The summed E-state index contributed by atoms with van der Waals surface area (Å²) in [5, 5.41) is 6.17. The van der Waals surface area contributed by atoms with Crippen molar-refractivity contribution in [3.05, 3.63) is 24.3 Å². The second kappa shape index (κ2) is 6.57. The molecule has 0 spiro atoms. The van der Waals surface area contributed by atoms with Crippen molar-refractivity contribution < 1.29 is 4.79 Å². The summed E-state index contributed by atoms with van der Waals surface area (Å²) in [6.07, 6.45) is 2.02. The number of carbonyl (C=O) groups is 1. The van der Waals surface area contributed by atoms with Gasteiger partial charge in [-0.2, -0.15) is 0 Å². The van der Waals surface area contributed by atoms with Gasteiger partial charge in [0.2, 0.25) is 5.91 Å². The molecule has 1 amide bonds. The molecule has 1 heterocycles. The molecule has 1 aromatic rings. The lowest BCUT2D eigenvalue weighted by Crippen LogP contribution is -2.35.